The molecule has 21 heavy (non-hydrogen) atoms. The van der Waals surface area contributed by atoms with Gasteiger partial charge in [-0.25, -0.2) is 13.8 Å². The summed E-state index contributed by atoms with van der Waals surface area (Å²) in [7, 11) is 0. The zero-order valence-corrected chi connectivity index (χ0v) is 11.2. The van der Waals surface area contributed by atoms with Gasteiger partial charge in [-0.1, -0.05) is 15.8 Å². The normalized spacial score (nSPS) is 21.1. The summed E-state index contributed by atoms with van der Waals surface area (Å²) in [5, 5.41) is 14.3. The molecule has 0 amide bonds. The van der Waals surface area contributed by atoms with E-state index in [0.29, 0.717) is 17.2 Å². The number of hydrogen-bond acceptors (Lipinski definition) is 3. The minimum absolute atomic E-state index is 0.0228. The van der Waals surface area contributed by atoms with Gasteiger partial charge in [-0.05, 0) is 19.1 Å². The van der Waals surface area contributed by atoms with Crippen LogP contribution in [0.2, 0.25) is 0 Å². The number of halogens is 2. The van der Waals surface area contributed by atoms with Crippen LogP contribution in [-0.4, -0.2) is 15.8 Å². The Labute approximate surface area is 119 Å². The van der Waals surface area contributed by atoms with Crippen LogP contribution in [0.5, 0.6) is 0 Å². The molecule has 1 aromatic heterocycles. The lowest BCUT2D eigenvalue weighted by atomic mass is 10.2. The van der Waals surface area contributed by atoms with Crippen LogP contribution in [0.3, 0.4) is 0 Å². The SMILES string of the molecule is CC1=N[N+](c2ccc(F)c(F)c2)(c2ccccn2)C=C1O. The predicted molar refractivity (Wildman–Crippen MR) is 75.9 cm³/mol. The van der Waals surface area contributed by atoms with E-state index in [1.165, 1.54) is 12.3 Å². The Bertz CT molecular complexity index is 739. The summed E-state index contributed by atoms with van der Waals surface area (Å²) >= 11 is 0. The van der Waals surface area contributed by atoms with Gasteiger partial charge in [-0.2, -0.15) is 0 Å². The van der Waals surface area contributed by atoms with E-state index in [9.17, 15) is 13.9 Å². The summed E-state index contributed by atoms with van der Waals surface area (Å²) < 4.78 is 26.4. The first kappa shape index (κ1) is 13.4. The average Bonchev–Trinajstić information content (AvgIpc) is 2.80. The third-order valence-electron chi connectivity index (χ3n) is 3.28. The van der Waals surface area contributed by atoms with Crippen LogP contribution in [0.15, 0.2) is 59.7 Å². The minimum atomic E-state index is -0.978. The van der Waals surface area contributed by atoms with Crippen LogP contribution in [0, 0.1) is 11.6 Å². The molecule has 0 bridgehead atoms. The molecule has 0 saturated heterocycles. The molecule has 1 aliphatic rings. The molecule has 0 radical (unpaired) electrons. The molecule has 0 aliphatic carbocycles. The Kier molecular flexibility index (Phi) is 3.03. The largest absolute Gasteiger partial charge is 0.502 e. The van der Waals surface area contributed by atoms with Crippen LogP contribution in [0.4, 0.5) is 20.3 Å². The van der Waals surface area contributed by atoms with Crippen LogP contribution in [-0.2, 0) is 0 Å². The van der Waals surface area contributed by atoms with Gasteiger partial charge < -0.3 is 5.11 Å². The van der Waals surface area contributed by atoms with Gasteiger partial charge in [0, 0.05) is 24.4 Å². The van der Waals surface area contributed by atoms with E-state index in [-0.39, 0.29) is 10.4 Å². The molecule has 0 saturated carbocycles. The summed E-state index contributed by atoms with van der Waals surface area (Å²) in [6.45, 7) is 1.63. The molecule has 2 heterocycles. The van der Waals surface area contributed by atoms with Crippen molar-refractivity contribution in [2.75, 3.05) is 0 Å². The highest BCUT2D eigenvalue weighted by Crippen LogP contribution is 2.38. The Morgan fingerprint density at radius 1 is 1.10 bits per heavy atom. The number of allylic oxidation sites excluding steroid dienone is 1. The first-order chi connectivity index (χ1) is 10.0. The summed E-state index contributed by atoms with van der Waals surface area (Å²) in [4.78, 5) is 4.22. The summed E-state index contributed by atoms with van der Waals surface area (Å²) in [6, 6.07) is 8.70. The number of aliphatic hydroxyl groups excluding tert-OH is 1. The number of aliphatic hydroxyl groups is 1. The number of rotatable bonds is 2. The van der Waals surface area contributed by atoms with Crippen molar-refractivity contribution in [1.29, 1.82) is 0 Å². The van der Waals surface area contributed by atoms with E-state index in [4.69, 9.17) is 0 Å². The van der Waals surface area contributed by atoms with Gasteiger partial charge >= 0.3 is 0 Å². The van der Waals surface area contributed by atoms with Crippen LogP contribution >= 0.6 is 0 Å². The molecular formula is C15H12F2N3O+. The zero-order chi connectivity index (χ0) is 15.0. The fourth-order valence-corrected chi connectivity index (χ4v) is 2.22. The number of nitrogens with zero attached hydrogens (tertiary/aromatic N) is 3. The molecule has 106 valence electrons. The standard InChI is InChI=1S/C15H11F2N3O/c1-10-14(21)9-20(19-10,15-4-2-3-7-18-15)11-5-6-12(16)13(17)8-11/h2-9H,1H3/p+1. The Balaban J connectivity index is 2.26. The lowest BCUT2D eigenvalue weighted by molar-refractivity contribution is 0.432. The van der Waals surface area contributed by atoms with Crippen LogP contribution < -0.4 is 4.59 Å². The zero-order valence-electron chi connectivity index (χ0n) is 11.2. The molecule has 1 N–H and O–H groups in total. The molecule has 0 fully saturated rings. The van der Waals surface area contributed by atoms with Crippen molar-refractivity contribution in [1.82, 2.24) is 9.58 Å². The van der Waals surface area contributed by atoms with Gasteiger partial charge in [0.25, 0.3) is 5.82 Å². The molecule has 4 nitrogen and oxygen atoms in total. The molecule has 3 rings (SSSR count). The fraction of sp³-hybridized carbons (Fsp3) is 0.0667. The van der Waals surface area contributed by atoms with E-state index >= 15 is 0 Å². The second-order valence-electron chi connectivity index (χ2n) is 4.67. The molecule has 1 unspecified atom stereocenters. The maximum absolute atomic E-state index is 13.6. The van der Waals surface area contributed by atoms with Crippen molar-refractivity contribution >= 4 is 17.2 Å². The number of benzene rings is 1. The molecule has 1 atom stereocenters. The number of hydrogen-bond donors (Lipinski definition) is 1. The number of pyridine rings is 1. The van der Waals surface area contributed by atoms with Crippen molar-refractivity contribution in [2.24, 2.45) is 5.10 Å². The third kappa shape index (κ3) is 2.09. The Morgan fingerprint density at radius 2 is 1.90 bits per heavy atom. The highest BCUT2D eigenvalue weighted by molar-refractivity contribution is 5.99. The van der Waals surface area contributed by atoms with E-state index < -0.39 is 11.6 Å². The first-order valence-corrected chi connectivity index (χ1v) is 6.28. The van der Waals surface area contributed by atoms with Crippen molar-refractivity contribution in [3.05, 3.63) is 66.2 Å². The van der Waals surface area contributed by atoms with Crippen molar-refractivity contribution in [3.63, 3.8) is 0 Å². The van der Waals surface area contributed by atoms with Crippen molar-refractivity contribution in [2.45, 2.75) is 6.92 Å². The van der Waals surface area contributed by atoms with Gasteiger partial charge in [0.2, 0.25) is 0 Å². The lowest BCUT2D eigenvalue weighted by Crippen LogP contribution is -2.31. The Hall–Kier alpha value is -2.60. The van der Waals surface area contributed by atoms with Crippen molar-refractivity contribution < 1.29 is 13.9 Å². The number of aromatic nitrogens is 1. The van der Waals surface area contributed by atoms with E-state index in [2.05, 4.69) is 10.1 Å². The maximum Gasteiger partial charge on any atom is 0.264 e. The molecule has 0 spiro atoms. The van der Waals surface area contributed by atoms with Gasteiger partial charge in [0.15, 0.2) is 29.3 Å². The summed E-state index contributed by atoms with van der Waals surface area (Å²) in [5.74, 6) is -1.48. The quantitative estimate of drug-likeness (QED) is 0.855. The summed E-state index contributed by atoms with van der Waals surface area (Å²) in [6.07, 6.45) is 3.01. The van der Waals surface area contributed by atoms with Gasteiger partial charge in [-0.15, -0.1) is 0 Å². The van der Waals surface area contributed by atoms with Gasteiger partial charge in [-0.3, -0.25) is 0 Å². The topological polar surface area (TPSA) is 45.5 Å². The summed E-state index contributed by atoms with van der Waals surface area (Å²) in [5.41, 5.74) is 0.737. The van der Waals surface area contributed by atoms with Crippen LogP contribution in [0.1, 0.15) is 6.92 Å². The molecule has 2 aromatic rings. The maximum atomic E-state index is 13.6. The average molecular weight is 288 g/mol. The minimum Gasteiger partial charge on any atom is -0.502 e. The van der Waals surface area contributed by atoms with Crippen LogP contribution in [0.25, 0.3) is 0 Å². The monoisotopic (exact) mass is 288 g/mol. The third-order valence-corrected chi connectivity index (χ3v) is 3.28. The second-order valence-corrected chi connectivity index (χ2v) is 4.67. The molecule has 1 aromatic carbocycles. The van der Waals surface area contributed by atoms with Gasteiger partial charge in [0.1, 0.15) is 5.71 Å². The lowest BCUT2D eigenvalue weighted by Gasteiger charge is -2.23. The van der Waals surface area contributed by atoms with Crippen molar-refractivity contribution in [3.8, 4) is 0 Å². The second kappa shape index (κ2) is 4.75. The Morgan fingerprint density at radius 3 is 2.48 bits per heavy atom. The smallest absolute Gasteiger partial charge is 0.264 e. The van der Waals surface area contributed by atoms with Gasteiger partial charge in [0.05, 0.1) is 0 Å². The molecular weight excluding hydrogens is 276 g/mol. The highest BCUT2D eigenvalue weighted by atomic mass is 19.2. The fourth-order valence-electron chi connectivity index (χ4n) is 2.22. The number of quaternary nitrogens is 1. The van der Waals surface area contributed by atoms with E-state index in [1.54, 1.807) is 31.3 Å². The predicted octanol–water partition coefficient (Wildman–Crippen LogP) is 3.79. The molecule has 6 heteroatoms. The highest BCUT2D eigenvalue weighted by Gasteiger charge is 2.40. The molecule has 1 aliphatic heterocycles. The van der Waals surface area contributed by atoms with E-state index in [0.717, 1.165) is 12.1 Å². The first-order valence-electron chi connectivity index (χ1n) is 6.28. The van der Waals surface area contributed by atoms with E-state index in [1.807, 2.05) is 0 Å².